The van der Waals surface area contributed by atoms with E-state index in [0.717, 1.165) is 11.0 Å². The predicted octanol–water partition coefficient (Wildman–Crippen LogP) is 4.10. The molecule has 9 heteroatoms. The molecule has 124 valence electrons. The van der Waals surface area contributed by atoms with E-state index >= 15 is 0 Å². The molecule has 2 heterocycles. The molecular weight excluding hydrogens is 396 g/mol. The summed E-state index contributed by atoms with van der Waals surface area (Å²) < 4.78 is 6.33. The second kappa shape index (κ2) is 7.20. The molecular formula is C15H13BrN4O3S. The lowest BCUT2D eigenvalue weighted by Crippen LogP contribution is -2.16. The number of aromatic nitrogens is 2. The van der Waals surface area contributed by atoms with Gasteiger partial charge in [0.05, 0.1) is 11.5 Å². The molecule has 0 saturated heterocycles. The molecule has 1 aromatic carbocycles. The maximum Gasteiger partial charge on any atom is 0.270 e. The molecule has 0 aliphatic carbocycles. The molecule has 3 aromatic rings. The van der Waals surface area contributed by atoms with Crippen LogP contribution in [0, 0.1) is 10.1 Å². The van der Waals surface area contributed by atoms with E-state index in [2.05, 4.69) is 37.0 Å². The molecule has 0 fully saturated rings. The minimum Gasteiger partial charge on any atom is -0.338 e. The minimum absolute atomic E-state index is 0.000703. The molecule has 0 bridgehead atoms. The fourth-order valence-corrected chi connectivity index (χ4v) is 3.71. The van der Waals surface area contributed by atoms with Crippen LogP contribution >= 0.6 is 27.3 Å². The van der Waals surface area contributed by atoms with Crippen LogP contribution in [0.4, 0.5) is 5.69 Å². The molecule has 24 heavy (non-hydrogen) atoms. The summed E-state index contributed by atoms with van der Waals surface area (Å²) in [4.78, 5) is 18.0. The summed E-state index contributed by atoms with van der Waals surface area (Å²) in [5.41, 5.74) is 0.559. The van der Waals surface area contributed by atoms with Crippen molar-refractivity contribution in [2.24, 2.45) is 0 Å². The topological polar surface area (TPSA) is 85.3 Å². The highest BCUT2D eigenvalue weighted by Gasteiger charge is 2.14. The highest BCUT2D eigenvalue weighted by atomic mass is 79.9. The van der Waals surface area contributed by atoms with Gasteiger partial charge in [-0.1, -0.05) is 17.3 Å². The van der Waals surface area contributed by atoms with Crippen molar-refractivity contribution in [2.75, 3.05) is 7.05 Å². The van der Waals surface area contributed by atoms with E-state index in [4.69, 9.17) is 4.52 Å². The summed E-state index contributed by atoms with van der Waals surface area (Å²) in [5.74, 6) is 0.815. The van der Waals surface area contributed by atoms with Crippen LogP contribution in [-0.4, -0.2) is 27.0 Å². The standard InChI is InChI=1S/C15H13BrN4O3S/c1-19(7-13-6-11(16)9-24-13)8-14-17-15(18-23-14)10-3-2-4-12(5-10)20(21)22/h2-6,9H,7-8H2,1H3. The molecule has 7 nitrogen and oxygen atoms in total. The minimum atomic E-state index is -0.447. The maximum atomic E-state index is 10.8. The van der Waals surface area contributed by atoms with Crippen LogP contribution in [0.3, 0.4) is 0 Å². The first-order valence-electron chi connectivity index (χ1n) is 7.00. The molecule has 0 unspecified atom stereocenters. The zero-order chi connectivity index (χ0) is 17.1. The van der Waals surface area contributed by atoms with Gasteiger partial charge < -0.3 is 4.52 Å². The zero-order valence-electron chi connectivity index (χ0n) is 12.7. The van der Waals surface area contributed by atoms with Crippen LogP contribution in [0.25, 0.3) is 11.4 Å². The first-order chi connectivity index (χ1) is 11.5. The molecule has 0 atom stereocenters. The van der Waals surface area contributed by atoms with E-state index in [0.29, 0.717) is 23.8 Å². The Kier molecular flexibility index (Phi) is 5.03. The molecule has 3 rings (SSSR count). The van der Waals surface area contributed by atoms with E-state index < -0.39 is 4.92 Å². The summed E-state index contributed by atoms with van der Waals surface area (Å²) in [6, 6.07) is 8.25. The second-order valence-electron chi connectivity index (χ2n) is 5.22. The lowest BCUT2D eigenvalue weighted by molar-refractivity contribution is -0.384. The van der Waals surface area contributed by atoms with Gasteiger partial charge in [-0.15, -0.1) is 11.3 Å². The summed E-state index contributed by atoms with van der Waals surface area (Å²) in [6.07, 6.45) is 0. The number of thiophene rings is 1. The largest absolute Gasteiger partial charge is 0.338 e. The van der Waals surface area contributed by atoms with Crippen molar-refractivity contribution in [2.45, 2.75) is 13.1 Å². The number of nitro benzene ring substituents is 1. The monoisotopic (exact) mass is 408 g/mol. The maximum absolute atomic E-state index is 10.8. The van der Waals surface area contributed by atoms with Crippen molar-refractivity contribution in [3.8, 4) is 11.4 Å². The molecule has 2 aromatic heterocycles. The Morgan fingerprint density at radius 1 is 1.38 bits per heavy atom. The number of hydrogen-bond donors (Lipinski definition) is 0. The van der Waals surface area contributed by atoms with Crippen molar-refractivity contribution >= 4 is 33.0 Å². The molecule has 0 aliphatic rings. The first-order valence-corrected chi connectivity index (χ1v) is 8.67. The van der Waals surface area contributed by atoms with Crippen molar-refractivity contribution < 1.29 is 9.45 Å². The van der Waals surface area contributed by atoms with E-state index in [1.54, 1.807) is 23.5 Å². The lowest BCUT2D eigenvalue weighted by Gasteiger charge is -2.12. The van der Waals surface area contributed by atoms with Crippen molar-refractivity contribution in [1.82, 2.24) is 15.0 Å². The zero-order valence-corrected chi connectivity index (χ0v) is 15.1. The quantitative estimate of drug-likeness (QED) is 0.450. The number of rotatable bonds is 6. The van der Waals surface area contributed by atoms with E-state index in [1.165, 1.54) is 17.0 Å². The Balaban J connectivity index is 1.69. The van der Waals surface area contributed by atoms with Crippen molar-refractivity contribution in [3.63, 3.8) is 0 Å². The van der Waals surface area contributed by atoms with Crippen LogP contribution in [0.5, 0.6) is 0 Å². The second-order valence-corrected chi connectivity index (χ2v) is 7.13. The summed E-state index contributed by atoms with van der Waals surface area (Å²) in [7, 11) is 1.96. The van der Waals surface area contributed by atoms with E-state index in [-0.39, 0.29) is 5.69 Å². The van der Waals surface area contributed by atoms with E-state index in [1.807, 2.05) is 12.4 Å². The van der Waals surface area contributed by atoms with Gasteiger partial charge in [0.1, 0.15) is 0 Å². The Morgan fingerprint density at radius 3 is 2.92 bits per heavy atom. The Labute approximate surface area is 150 Å². The smallest absolute Gasteiger partial charge is 0.270 e. The molecule has 0 radical (unpaired) electrons. The highest BCUT2D eigenvalue weighted by molar-refractivity contribution is 9.10. The van der Waals surface area contributed by atoms with Gasteiger partial charge in [-0.25, -0.2) is 0 Å². The van der Waals surface area contributed by atoms with Gasteiger partial charge in [0, 0.05) is 39.0 Å². The van der Waals surface area contributed by atoms with Gasteiger partial charge in [-0.05, 0) is 29.0 Å². The third-order valence-electron chi connectivity index (χ3n) is 3.24. The first kappa shape index (κ1) is 16.7. The van der Waals surface area contributed by atoms with Crippen molar-refractivity contribution in [3.05, 3.63) is 61.1 Å². The molecule has 0 saturated carbocycles. The van der Waals surface area contributed by atoms with Gasteiger partial charge in [0.2, 0.25) is 11.7 Å². The summed E-state index contributed by atoms with van der Waals surface area (Å²) >= 11 is 5.11. The number of nitrogens with zero attached hydrogens (tertiary/aromatic N) is 4. The van der Waals surface area contributed by atoms with E-state index in [9.17, 15) is 10.1 Å². The molecule has 0 spiro atoms. The SMILES string of the molecule is CN(Cc1nc(-c2cccc([N+](=O)[O-])c2)no1)Cc1cc(Br)cs1. The normalized spacial score (nSPS) is 11.1. The van der Waals surface area contributed by atoms with Crippen LogP contribution in [0.15, 0.2) is 44.7 Å². The average molecular weight is 409 g/mol. The van der Waals surface area contributed by atoms with Gasteiger partial charge in [-0.2, -0.15) is 4.98 Å². The van der Waals surface area contributed by atoms with Gasteiger partial charge in [0.25, 0.3) is 5.69 Å². The van der Waals surface area contributed by atoms with Gasteiger partial charge in [-0.3, -0.25) is 15.0 Å². The molecule has 0 amide bonds. The van der Waals surface area contributed by atoms with Crippen LogP contribution < -0.4 is 0 Å². The average Bonchev–Trinajstić information content (AvgIpc) is 3.16. The Hall–Kier alpha value is -2.10. The number of non-ortho nitro benzene ring substituents is 1. The summed E-state index contributed by atoms with van der Waals surface area (Å²) in [5, 5.41) is 16.8. The van der Waals surface area contributed by atoms with Crippen LogP contribution in [0.1, 0.15) is 10.8 Å². The number of halogens is 1. The number of nitro groups is 1. The molecule has 0 aliphatic heterocycles. The predicted molar refractivity (Wildman–Crippen MR) is 93.6 cm³/mol. The number of benzene rings is 1. The summed E-state index contributed by atoms with van der Waals surface area (Å²) in [6.45, 7) is 1.27. The molecule has 0 N–H and O–H groups in total. The Bertz CT molecular complexity index is 864. The van der Waals surface area contributed by atoms with Gasteiger partial charge >= 0.3 is 0 Å². The Morgan fingerprint density at radius 2 is 2.21 bits per heavy atom. The third kappa shape index (κ3) is 4.05. The fourth-order valence-electron chi connectivity index (χ4n) is 2.18. The highest BCUT2D eigenvalue weighted by Crippen LogP contribution is 2.23. The van der Waals surface area contributed by atoms with Gasteiger partial charge in [0.15, 0.2) is 0 Å². The number of hydrogen-bond acceptors (Lipinski definition) is 7. The third-order valence-corrected chi connectivity index (χ3v) is 4.92. The van der Waals surface area contributed by atoms with Crippen LogP contribution in [-0.2, 0) is 13.1 Å². The van der Waals surface area contributed by atoms with Crippen molar-refractivity contribution in [1.29, 1.82) is 0 Å². The fraction of sp³-hybridized carbons (Fsp3) is 0.200. The lowest BCUT2D eigenvalue weighted by atomic mass is 10.2. The van der Waals surface area contributed by atoms with Crippen LogP contribution in [0.2, 0.25) is 0 Å².